The molecule has 2 aliphatic heterocycles. The van der Waals surface area contributed by atoms with E-state index in [2.05, 4.69) is 41.1 Å². The van der Waals surface area contributed by atoms with Crippen molar-refractivity contribution in [2.24, 2.45) is 11.0 Å². The molecule has 1 aromatic heterocycles. The summed E-state index contributed by atoms with van der Waals surface area (Å²) >= 11 is 0. The number of carbonyl (C=O) groups excluding carboxylic acids is 1. The lowest BCUT2D eigenvalue weighted by molar-refractivity contribution is -0.122. The minimum absolute atomic E-state index is 0.0371. The summed E-state index contributed by atoms with van der Waals surface area (Å²) < 4.78 is 12.2. The highest BCUT2D eigenvalue weighted by molar-refractivity contribution is 6.07. The molecule has 0 radical (unpaired) electrons. The van der Waals surface area contributed by atoms with Crippen molar-refractivity contribution in [3.63, 3.8) is 0 Å². The molecule has 8 heteroatoms. The molecule has 2 atom stereocenters. The minimum atomic E-state index is -0.0371. The van der Waals surface area contributed by atoms with E-state index in [4.69, 9.17) is 14.1 Å². The number of rotatable bonds is 9. The van der Waals surface area contributed by atoms with Gasteiger partial charge in [0.15, 0.2) is 5.58 Å². The number of carbonyl (C=O) groups is 1. The average molecular weight is 504 g/mol. The van der Waals surface area contributed by atoms with Crippen molar-refractivity contribution in [1.82, 2.24) is 20.2 Å². The second-order valence-corrected chi connectivity index (χ2v) is 10.1. The molecule has 1 saturated heterocycles. The number of nitrogens with one attached hydrogen (secondary N) is 1. The summed E-state index contributed by atoms with van der Waals surface area (Å²) in [5.41, 5.74) is 6.81. The second kappa shape index (κ2) is 11.4. The monoisotopic (exact) mass is 503 g/mol. The largest absolute Gasteiger partial charge is 0.492 e. The van der Waals surface area contributed by atoms with Gasteiger partial charge in [-0.2, -0.15) is 5.10 Å². The number of amides is 1. The van der Waals surface area contributed by atoms with E-state index in [1.165, 1.54) is 6.42 Å². The molecule has 3 heterocycles. The summed E-state index contributed by atoms with van der Waals surface area (Å²) in [4.78, 5) is 21.5. The summed E-state index contributed by atoms with van der Waals surface area (Å²) in [5, 5.41) is 4.33. The number of hydrazone groups is 1. The lowest BCUT2D eigenvalue weighted by Gasteiger charge is -2.37. The smallest absolute Gasteiger partial charge is 0.240 e. The van der Waals surface area contributed by atoms with E-state index in [9.17, 15) is 4.79 Å². The Morgan fingerprint density at radius 1 is 1.11 bits per heavy atom. The summed E-state index contributed by atoms with van der Waals surface area (Å²) in [6, 6.07) is 14.5. The predicted octanol–water partition coefficient (Wildman–Crippen LogP) is 4.54. The van der Waals surface area contributed by atoms with Gasteiger partial charge in [-0.15, -0.1) is 0 Å². The summed E-state index contributed by atoms with van der Waals surface area (Å²) in [7, 11) is 0. The maximum Gasteiger partial charge on any atom is 0.240 e. The fraction of sp³-hybridized carbons (Fsp3) is 0.483. The van der Waals surface area contributed by atoms with Crippen LogP contribution in [-0.4, -0.2) is 71.8 Å². The van der Waals surface area contributed by atoms with Crippen LogP contribution in [0.4, 0.5) is 0 Å². The van der Waals surface area contributed by atoms with Crippen LogP contribution in [0.15, 0.2) is 52.0 Å². The third-order valence-electron chi connectivity index (χ3n) is 7.67. The number of hydrogen-bond donors (Lipinski definition) is 1. The first-order valence-electron chi connectivity index (χ1n) is 13.5. The zero-order valence-electron chi connectivity index (χ0n) is 22.1. The lowest BCUT2D eigenvalue weighted by Crippen LogP contribution is -2.50. The maximum atomic E-state index is 11.7. The third-order valence-corrected chi connectivity index (χ3v) is 7.67. The molecule has 3 aromatic rings. The fourth-order valence-electron chi connectivity index (χ4n) is 5.12. The van der Waals surface area contributed by atoms with Crippen molar-refractivity contribution < 1.29 is 13.9 Å². The Kier molecular flexibility index (Phi) is 7.86. The summed E-state index contributed by atoms with van der Waals surface area (Å²) in [5.74, 6) is 1.44. The Bertz CT molecular complexity index is 1260. The van der Waals surface area contributed by atoms with Crippen LogP contribution in [0.25, 0.3) is 22.6 Å². The van der Waals surface area contributed by atoms with Crippen LogP contribution in [0.2, 0.25) is 0 Å². The molecule has 0 bridgehead atoms. The second-order valence-electron chi connectivity index (χ2n) is 10.1. The van der Waals surface area contributed by atoms with Gasteiger partial charge in [0.1, 0.15) is 17.9 Å². The molecule has 2 aromatic carbocycles. The lowest BCUT2D eigenvalue weighted by atomic mass is 9.90. The topological polar surface area (TPSA) is 83.2 Å². The standard InChI is InChI=1S/C29H37N5O3/c1-4-20(3)34-13-11-33(12-14-34)15-16-36-24-8-6-7-23(17-24)29-30-25-10-9-22(18-26(25)37-29)28-21(5-2)19-27(35)31-32-28/h6-10,17-18,20-21H,4-5,11-16,19H2,1-3H3,(H,31,35). The third kappa shape index (κ3) is 5.86. The molecule has 1 N–H and O–H groups in total. The zero-order chi connectivity index (χ0) is 25.8. The zero-order valence-corrected chi connectivity index (χ0v) is 22.1. The summed E-state index contributed by atoms with van der Waals surface area (Å²) in [6.45, 7) is 12.7. The van der Waals surface area contributed by atoms with E-state index in [-0.39, 0.29) is 11.8 Å². The van der Waals surface area contributed by atoms with Gasteiger partial charge in [0, 0.05) is 62.2 Å². The Morgan fingerprint density at radius 3 is 2.73 bits per heavy atom. The van der Waals surface area contributed by atoms with Crippen LogP contribution in [0.5, 0.6) is 5.75 Å². The highest BCUT2D eigenvalue weighted by atomic mass is 16.5. The Labute approximate surface area is 218 Å². The van der Waals surface area contributed by atoms with Crippen LogP contribution in [0.3, 0.4) is 0 Å². The Morgan fingerprint density at radius 2 is 1.95 bits per heavy atom. The molecular formula is C29H37N5O3. The van der Waals surface area contributed by atoms with Gasteiger partial charge in [0.2, 0.25) is 11.8 Å². The van der Waals surface area contributed by atoms with Crippen LogP contribution in [-0.2, 0) is 4.79 Å². The van der Waals surface area contributed by atoms with Gasteiger partial charge in [0.25, 0.3) is 0 Å². The molecule has 8 nitrogen and oxygen atoms in total. The normalized spacial score (nSPS) is 20.0. The van der Waals surface area contributed by atoms with Gasteiger partial charge in [-0.3, -0.25) is 14.6 Å². The van der Waals surface area contributed by atoms with Crippen molar-refractivity contribution in [2.45, 2.75) is 46.1 Å². The number of hydrogen-bond acceptors (Lipinski definition) is 7. The molecular weight excluding hydrogens is 466 g/mol. The summed E-state index contributed by atoms with van der Waals surface area (Å²) in [6.07, 6.45) is 2.51. The number of benzene rings is 2. The van der Waals surface area contributed by atoms with Crippen molar-refractivity contribution in [3.05, 3.63) is 48.0 Å². The van der Waals surface area contributed by atoms with Gasteiger partial charge in [-0.1, -0.05) is 26.0 Å². The van der Waals surface area contributed by atoms with Crippen molar-refractivity contribution in [1.29, 1.82) is 0 Å². The molecule has 5 rings (SSSR count). The van der Waals surface area contributed by atoms with Crippen molar-refractivity contribution in [3.8, 4) is 17.2 Å². The first-order chi connectivity index (χ1) is 18.0. The highest BCUT2D eigenvalue weighted by Crippen LogP contribution is 2.29. The van der Waals surface area contributed by atoms with E-state index in [1.807, 2.05) is 42.5 Å². The molecule has 37 heavy (non-hydrogen) atoms. The maximum absolute atomic E-state index is 11.7. The average Bonchev–Trinajstić information content (AvgIpc) is 3.37. The van der Waals surface area contributed by atoms with Crippen molar-refractivity contribution in [2.75, 3.05) is 39.3 Å². The molecule has 2 unspecified atom stereocenters. The Hall–Kier alpha value is -3.23. The molecule has 0 spiro atoms. The van der Waals surface area contributed by atoms with E-state index in [0.29, 0.717) is 30.5 Å². The van der Waals surface area contributed by atoms with Crippen LogP contribution >= 0.6 is 0 Å². The van der Waals surface area contributed by atoms with E-state index < -0.39 is 0 Å². The molecule has 0 saturated carbocycles. The van der Waals surface area contributed by atoms with Gasteiger partial charge in [-0.05, 0) is 50.1 Å². The number of piperazine rings is 1. The molecule has 196 valence electrons. The number of fused-ring (bicyclic) bond motifs is 1. The van der Waals surface area contributed by atoms with Gasteiger partial charge in [0.05, 0.1) is 5.71 Å². The van der Waals surface area contributed by atoms with E-state index in [1.54, 1.807) is 0 Å². The molecule has 1 amide bonds. The van der Waals surface area contributed by atoms with E-state index in [0.717, 1.165) is 67.2 Å². The molecule has 1 fully saturated rings. The van der Waals surface area contributed by atoms with Gasteiger partial charge in [-0.25, -0.2) is 10.4 Å². The molecule has 0 aliphatic carbocycles. The first kappa shape index (κ1) is 25.4. The highest BCUT2D eigenvalue weighted by Gasteiger charge is 2.25. The number of aromatic nitrogens is 1. The van der Waals surface area contributed by atoms with Crippen molar-refractivity contribution >= 4 is 22.7 Å². The fourth-order valence-corrected chi connectivity index (χ4v) is 5.12. The predicted molar refractivity (Wildman–Crippen MR) is 146 cm³/mol. The number of ether oxygens (including phenoxy) is 1. The van der Waals surface area contributed by atoms with Crippen LogP contribution < -0.4 is 10.2 Å². The minimum Gasteiger partial charge on any atom is -0.492 e. The quantitative estimate of drug-likeness (QED) is 0.462. The van der Waals surface area contributed by atoms with Crippen LogP contribution in [0, 0.1) is 5.92 Å². The van der Waals surface area contributed by atoms with Crippen LogP contribution in [0.1, 0.15) is 45.6 Å². The SMILES string of the molecule is CCC1CC(=O)NN=C1c1ccc2nc(-c3cccc(OCCN4CCN(C(C)CC)CC4)c3)oc2c1. The first-order valence-corrected chi connectivity index (χ1v) is 13.5. The number of oxazole rings is 1. The van der Waals surface area contributed by atoms with E-state index >= 15 is 0 Å². The number of nitrogens with zero attached hydrogens (tertiary/aromatic N) is 4. The van der Waals surface area contributed by atoms with Gasteiger partial charge < -0.3 is 9.15 Å². The molecule has 2 aliphatic rings. The Balaban J connectivity index is 1.22. The van der Waals surface area contributed by atoms with Gasteiger partial charge >= 0.3 is 0 Å².